The number of hydrogen-bond acceptors (Lipinski definition) is 5. The minimum absolute atomic E-state index is 0.0315. The molecule has 1 aliphatic rings. The maximum Gasteiger partial charge on any atom is 0.338 e. The third kappa shape index (κ3) is 5.90. The second-order valence-corrected chi connectivity index (χ2v) is 8.95. The summed E-state index contributed by atoms with van der Waals surface area (Å²) in [6.07, 6.45) is 4.61. The number of carbonyl (C=O) groups is 2. The summed E-state index contributed by atoms with van der Waals surface area (Å²) in [7, 11) is -3.65. The van der Waals surface area contributed by atoms with E-state index in [9.17, 15) is 18.0 Å². The Morgan fingerprint density at radius 1 is 1.21 bits per heavy atom. The van der Waals surface area contributed by atoms with Crippen molar-refractivity contribution in [1.29, 1.82) is 0 Å². The van der Waals surface area contributed by atoms with Gasteiger partial charge in [0.1, 0.15) is 0 Å². The van der Waals surface area contributed by atoms with Crippen LogP contribution < -0.4 is 10.0 Å². The SMILES string of the molecule is C=CCNS(=O)(=O)c1ccc(C(=O)OCC(=O)N[C@@H]2CCC[C@@H](C)[C@H]2C)cc1. The number of esters is 1. The van der Waals surface area contributed by atoms with E-state index in [1.54, 1.807) is 0 Å². The van der Waals surface area contributed by atoms with Gasteiger partial charge in [-0.25, -0.2) is 17.9 Å². The summed E-state index contributed by atoms with van der Waals surface area (Å²) in [5.41, 5.74) is 0.176. The first-order chi connectivity index (χ1) is 13.2. The zero-order valence-corrected chi connectivity index (χ0v) is 17.1. The number of nitrogens with one attached hydrogen (secondary N) is 2. The zero-order valence-electron chi connectivity index (χ0n) is 16.3. The summed E-state index contributed by atoms with van der Waals surface area (Å²) in [4.78, 5) is 24.2. The number of amides is 1. The molecule has 8 heteroatoms. The lowest BCUT2D eigenvalue weighted by Gasteiger charge is -2.34. The number of benzene rings is 1. The molecule has 2 N–H and O–H groups in total. The van der Waals surface area contributed by atoms with Gasteiger partial charge in [-0.3, -0.25) is 4.79 Å². The summed E-state index contributed by atoms with van der Waals surface area (Å²) in [6, 6.07) is 5.43. The van der Waals surface area contributed by atoms with E-state index >= 15 is 0 Å². The molecule has 0 aromatic heterocycles. The molecule has 7 nitrogen and oxygen atoms in total. The molecule has 0 aliphatic heterocycles. The highest BCUT2D eigenvalue weighted by molar-refractivity contribution is 7.89. The summed E-state index contributed by atoms with van der Waals surface area (Å²) >= 11 is 0. The third-order valence-electron chi connectivity index (χ3n) is 5.21. The van der Waals surface area contributed by atoms with Crippen LogP contribution in [0.2, 0.25) is 0 Å². The van der Waals surface area contributed by atoms with Crippen LogP contribution in [0.5, 0.6) is 0 Å². The molecule has 0 spiro atoms. The van der Waals surface area contributed by atoms with Crippen molar-refractivity contribution in [1.82, 2.24) is 10.0 Å². The molecule has 1 aromatic carbocycles. The third-order valence-corrected chi connectivity index (χ3v) is 6.65. The summed E-state index contributed by atoms with van der Waals surface area (Å²) in [6.45, 7) is 7.51. The molecule has 0 radical (unpaired) electrons. The Morgan fingerprint density at radius 2 is 1.89 bits per heavy atom. The smallest absolute Gasteiger partial charge is 0.338 e. The molecule has 2 rings (SSSR count). The second kappa shape index (κ2) is 9.84. The van der Waals surface area contributed by atoms with Gasteiger partial charge in [0.25, 0.3) is 5.91 Å². The van der Waals surface area contributed by atoms with Gasteiger partial charge < -0.3 is 10.1 Å². The molecule has 0 saturated heterocycles. The van der Waals surface area contributed by atoms with E-state index in [4.69, 9.17) is 4.74 Å². The molecular formula is C20H28N2O5S. The van der Waals surface area contributed by atoms with E-state index in [1.165, 1.54) is 30.3 Å². The minimum Gasteiger partial charge on any atom is -0.452 e. The fourth-order valence-corrected chi connectivity index (χ4v) is 4.27. The van der Waals surface area contributed by atoms with Crippen LogP contribution >= 0.6 is 0 Å². The predicted molar refractivity (Wildman–Crippen MR) is 106 cm³/mol. The molecule has 0 bridgehead atoms. The van der Waals surface area contributed by atoms with Gasteiger partial charge in [0.15, 0.2) is 6.61 Å². The molecule has 0 heterocycles. The molecule has 1 aromatic rings. The van der Waals surface area contributed by atoms with Gasteiger partial charge in [0.05, 0.1) is 10.5 Å². The van der Waals surface area contributed by atoms with E-state index in [0.29, 0.717) is 11.8 Å². The maximum absolute atomic E-state index is 12.1. The second-order valence-electron chi connectivity index (χ2n) is 7.18. The highest BCUT2D eigenvalue weighted by atomic mass is 32.2. The van der Waals surface area contributed by atoms with Gasteiger partial charge >= 0.3 is 5.97 Å². The Morgan fingerprint density at radius 3 is 2.54 bits per heavy atom. The fraction of sp³-hybridized carbons (Fsp3) is 0.500. The highest BCUT2D eigenvalue weighted by Gasteiger charge is 2.28. The Labute approximate surface area is 166 Å². The Bertz CT molecular complexity index is 804. The van der Waals surface area contributed by atoms with Crippen molar-refractivity contribution >= 4 is 21.9 Å². The van der Waals surface area contributed by atoms with Crippen molar-refractivity contribution in [3.63, 3.8) is 0 Å². The van der Waals surface area contributed by atoms with E-state index < -0.39 is 16.0 Å². The van der Waals surface area contributed by atoms with Gasteiger partial charge in [-0.1, -0.05) is 32.8 Å². The number of hydrogen-bond donors (Lipinski definition) is 2. The van der Waals surface area contributed by atoms with Crippen molar-refractivity contribution < 1.29 is 22.7 Å². The number of sulfonamides is 1. The van der Waals surface area contributed by atoms with Gasteiger partial charge in [0.2, 0.25) is 10.0 Å². The van der Waals surface area contributed by atoms with E-state index in [1.807, 2.05) is 0 Å². The largest absolute Gasteiger partial charge is 0.452 e. The van der Waals surface area contributed by atoms with Gasteiger partial charge in [0, 0.05) is 12.6 Å². The fourth-order valence-electron chi connectivity index (χ4n) is 3.27. The van der Waals surface area contributed by atoms with Crippen LogP contribution in [0, 0.1) is 11.8 Å². The molecule has 28 heavy (non-hydrogen) atoms. The van der Waals surface area contributed by atoms with Crippen molar-refractivity contribution in [2.75, 3.05) is 13.2 Å². The summed E-state index contributed by atoms with van der Waals surface area (Å²) in [5, 5.41) is 2.94. The lowest BCUT2D eigenvalue weighted by Crippen LogP contribution is -2.45. The molecular weight excluding hydrogens is 380 g/mol. The van der Waals surface area contributed by atoms with E-state index in [-0.39, 0.29) is 35.6 Å². The van der Waals surface area contributed by atoms with Gasteiger partial charge in [-0.15, -0.1) is 6.58 Å². The molecule has 1 amide bonds. The molecule has 154 valence electrons. The highest BCUT2D eigenvalue weighted by Crippen LogP contribution is 2.29. The van der Waals surface area contributed by atoms with Gasteiger partial charge in [-0.05, 0) is 42.5 Å². The number of carbonyl (C=O) groups excluding carboxylic acids is 2. The maximum atomic E-state index is 12.1. The number of rotatable bonds is 8. The van der Waals surface area contributed by atoms with Crippen LogP contribution in [-0.4, -0.2) is 39.5 Å². The Kier molecular flexibility index (Phi) is 7.77. The van der Waals surface area contributed by atoms with Crippen LogP contribution in [0.3, 0.4) is 0 Å². The average molecular weight is 409 g/mol. The van der Waals surface area contributed by atoms with Crippen molar-refractivity contribution in [2.45, 2.75) is 44.0 Å². The average Bonchev–Trinajstić information content (AvgIpc) is 2.68. The standard InChI is InChI=1S/C20H28N2O5S/c1-4-12-21-28(25,26)17-10-8-16(9-11-17)20(24)27-13-19(23)22-18-7-5-6-14(2)15(18)3/h4,8-11,14-15,18,21H,1,5-7,12-13H2,2-3H3,(H,22,23)/t14-,15-,18-/m1/s1. The molecule has 1 aliphatic carbocycles. The van der Waals surface area contributed by atoms with Crippen molar-refractivity contribution in [3.05, 3.63) is 42.5 Å². The van der Waals surface area contributed by atoms with E-state index in [0.717, 1.165) is 19.3 Å². The lowest BCUT2D eigenvalue weighted by molar-refractivity contribution is -0.125. The lowest BCUT2D eigenvalue weighted by atomic mass is 9.78. The molecule has 0 unspecified atom stereocenters. The van der Waals surface area contributed by atoms with Crippen LogP contribution in [0.15, 0.2) is 41.8 Å². The van der Waals surface area contributed by atoms with Crippen molar-refractivity contribution in [3.8, 4) is 0 Å². The molecule has 1 saturated carbocycles. The van der Waals surface area contributed by atoms with Gasteiger partial charge in [-0.2, -0.15) is 0 Å². The normalized spacial score (nSPS) is 22.3. The van der Waals surface area contributed by atoms with Crippen molar-refractivity contribution in [2.24, 2.45) is 11.8 Å². The molecule has 1 fully saturated rings. The number of ether oxygens (including phenoxy) is 1. The van der Waals surface area contributed by atoms with Crippen LogP contribution in [-0.2, 0) is 19.6 Å². The first kappa shape index (κ1) is 22.1. The zero-order chi connectivity index (χ0) is 20.7. The summed E-state index contributed by atoms with van der Waals surface area (Å²) < 4.78 is 31.4. The minimum atomic E-state index is -3.65. The molecule has 3 atom stereocenters. The monoisotopic (exact) mass is 408 g/mol. The quantitative estimate of drug-likeness (QED) is 0.507. The van der Waals surface area contributed by atoms with E-state index in [2.05, 4.69) is 30.5 Å². The first-order valence-corrected chi connectivity index (χ1v) is 10.9. The van der Waals surface area contributed by atoms with Crippen LogP contribution in [0.1, 0.15) is 43.5 Å². The Hall–Kier alpha value is -2.19. The Balaban J connectivity index is 1.87. The van der Waals surface area contributed by atoms with Crippen LogP contribution in [0.4, 0.5) is 0 Å². The predicted octanol–water partition coefficient (Wildman–Crippen LogP) is 2.25. The summed E-state index contributed by atoms with van der Waals surface area (Å²) in [5.74, 6) is -0.0645. The first-order valence-electron chi connectivity index (χ1n) is 9.41. The topological polar surface area (TPSA) is 102 Å². The van der Waals surface area contributed by atoms with Crippen LogP contribution in [0.25, 0.3) is 0 Å².